The molecule has 0 fully saturated rings. The maximum absolute atomic E-state index is 5.64. The van der Waals surface area contributed by atoms with Crippen LogP contribution in [0.25, 0.3) is 0 Å². The highest BCUT2D eigenvalue weighted by atomic mass is 16.5. The number of hydrogen-bond acceptors (Lipinski definition) is 5. The third kappa shape index (κ3) is 6.48. The largest absolute Gasteiger partial charge is 0.493 e. The minimum Gasteiger partial charge on any atom is -0.493 e. The van der Waals surface area contributed by atoms with Crippen LogP contribution in [0.15, 0.2) is 33.8 Å². The van der Waals surface area contributed by atoms with Gasteiger partial charge in [0.1, 0.15) is 0 Å². The van der Waals surface area contributed by atoms with Gasteiger partial charge in [0.2, 0.25) is 0 Å². The average Bonchev–Trinajstić information content (AvgIpc) is 3.17. The summed E-state index contributed by atoms with van der Waals surface area (Å²) in [7, 11) is 3.41. The number of nitrogens with zero attached hydrogens (tertiary/aromatic N) is 2. The molecule has 0 bridgehead atoms. The molecule has 28 heavy (non-hydrogen) atoms. The van der Waals surface area contributed by atoms with Gasteiger partial charge in [0.25, 0.3) is 0 Å². The van der Waals surface area contributed by atoms with E-state index < -0.39 is 0 Å². The maximum Gasteiger partial charge on any atom is 0.191 e. The van der Waals surface area contributed by atoms with E-state index >= 15 is 0 Å². The van der Waals surface area contributed by atoms with Crippen LogP contribution in [0.1, 0.15) is 50.1 Å². The van der Waals surface area contributed by atoms with Gasteiger partial charge in [-0.05, 0) is 43.4 Å². The van der Waals surface area contributed by atoms with E-state index in [1.807, 2.05) is 25.1 Å². The molecule has 1 aromatic heterocycles. The van der Waals surface area contributed by atoms with Gasteiger partial charge in [-0.1, -0.05) is 25.1 Å². The lowest BCUT2D eigenvalue weighted by Gasteiger charge is -2.12. The standard InChI is InChI=1S/C21H32N4O3/c1-6-27-20-12-16(9-10-19(20)26-5)8-7-11-23-21(22-4)24-14-17-13-18(15(2)3)25-28-17/h9-10,12-13,15H,6-8,11,14H2,1-5H3,(H2,22,23,24). The predicted octanol–water partition coefficient (Wildman–Crippen LogP) is 3.50. The lowest BCUT2D eigenvalue weighted by molar-refractivity contribution is 0.310. The van der Waals surface area contributed by atoms with E-state index in [1.165, 1.54) is 5.56 Å². The number of benzene rings is 1. The van der Waals surface area contributed by atoms with Crippen LogP contribution in [0, 0.1) is 0 Å². The highest BCUT2D eigenvalue weighted by Gasteiger charge is 2.08. The first-order chi connectivity index (χ1) is 13.6. The second kappa shape index (κ2) is 11.2. The second-order valence-corrected chi connectivity index (χ2v) is 6.75. The van der Waals surface area contributed by atoms with E-state index in [4.69, 9.17) is 14.0 Å². The number of hydrogen-bond donors (Lipinski definition) is 2. The number of guanidine groups is 1. The Labute approximate surface area is 167 Å². The lowest BCUT2D eigenvalue weighted by atomic mass is 10.1. The zero-order valence-electron chi connectivity index (χ0n) is 17.5. The zero-order chi connectivity index (χ0) is 20.4. The molecular formula is C21H32N4O3. The first-order valence-electron chi connectivity index (χ1n) is 9.77. The van der Waals surface area contributed by atoms with Crippen molar-refractivity contribution in [3.8, 4) is 11.5 Å². The Morgan fingerprint density at radius 2 is 2.04 bits per heavy atom. The molecule has 154 valence electrons. The van der Waals surface area contributed by atoms with Gasteiger partial charge in [0.05, 0.1) is 26.0 Å². The number of rotatable bonds is 10. The van der Waals surface area contributed by atoms with Crippen LogP contribution in [0.5, 0.6) is 11.5 Å². The Kier molecular flexibility index (Phi) is 8.65. The zero-order valence-corrected chi connectivity index (χ0v) is 17.5. The summed E-state index contributed by atoms with van der Waals surface area (Å²) in [6, 6.07) is 8.05. The van der Waals surface area contributed by atoms with Gasteiger partial charge in [-0.15, -0.1) is 0 Å². The number of aromatic nitrogens is 1. The molecule has 0 unspecified atom stereocenters. The SMILES string of the molecule is CCOc1cc(CCCNC(=NC)NCc2cc(C(C)C)no2)ccc1OC. The summed E-state index contributed by atoms with van der Waals surface area (Å²) in [6.07, 6.45) is 1.91. The molecule has 0 saturated heterocycles. The van der Waals surface area contributed by atoms with E-state index in [0.29, 0.717) is 19.1 Å². The summed E-state index contributed by atoms with van der Waals surface area (Å²) in [4.78, 5) is 4.25. The molecule has 1 aromatic carbocycles. The first kappa shape index (κ1) is 21.6. The van der Waals surface area contributed by atoms with E-state index in [0.717, 1.165) is 48.3 Å². The fourth-order valence-corrected chi connectivity index (χ4v) is 2.72. The summed E-state index contributed by atoms with van der Waals surface area (Å²) in [5.41, 5.74) is 2.18. The number of methoxy groups -OCH3 is 1. The van der Waals surface area contributed by atoms with Crippen molar-refractivity contribution in [1.82, 2.24) is 15.8 Å². The Morgan fingerprint density at radius 1 is 1.21 bits per heavy atom. The molecular weight excluding hydrogens is 356 g/mol. The second-order valence-electron chi connectivity index (χ2n) is 6.75. The lowest BCUT2D eigenvalue weighted by Crippen LogP contribution is -2.37. The molecule has 0 radical (unpaired) electrons. The van der Waals surface area contributed by atoms with E-state index in [-0.39, 0.29) is 0 Å². The van der Waals surface area contributed by atoms with Gasteiger partial charge < -0.3 is 24.6 Å². The topological polar surface area (TPSA) is 80.9 Å². The van der Waals surface area contributed by atoms with Gasteiger partial charge in [-0.3, -0.25) is 4.99 Å². The van der Waals surface area contributed by atoms with Gasteiger partial charge in [0, 0.05) is 19.7 Å². The molecule has 2 aromatic rings. The van der Waals surface area contributed by atoms with Crippen LogP contribution in [0.2, 0.25) is 0 Å². The highest BCUT2D eigenvalue weighted by Crippen LogP contribution is 2.28. The van der Waals surface area contributed by atoms with Crippen molar-refractivity contribution in [1.29, 1.82) is 0 Å². The van der Waals surface area contributed by atoms with Crippen molar-refractivity contribution < 1.29 is 14.0 Å². The van der Waals surface area contributed by atoms with Gasteiger partial charge in [0.15, 0.2) is 23.2 Å². The van der Waals surface area contributed by atoms with Crippen LogP contribution in [0.4, 0.5) is 0 Å². The maximum atomic E-state index is 5.64. The molecule has 7 heteroatoms. The number of aliphatic imine (C=N–C) groups is 1. The molecule has 0 aliphatic carbocycles. The first-order valence-corrected chi connectivity index (χ1v) is 9.77. The summed E-state index contributed by atoms with van der Waals surface area (Å²) < 4.78 is 16.3. The van der Waals surface area contributed by atoms with Crippen LogP contribution >= 0.6 is 0 Å². The van der Waals surface area contributed by atoms with Crippen LogP contribution in [-0.2, 0) is 13.0 Å². The molecule has 0 aliphatic rings. The number of ether oxygens (including phenoxy) is 2. The van der Waals surface area contributed by atoms with Crippen molar-refractivity contribution in [3.05, 3.63) is 41.3 Å². The van der Waals surface area contributed by atoms with Crippen molar-refractivity contribution in [2.75, 3.05) is 27.3 Å². The van der Waals surface area contributed by atoms with Crippen LogP contribution < -0.4 is 20.1 Å². The third-order valence-electron chi connectivity index (χ3n) is 4.28. The minimum atomic E-state index is 0.358. The van der Waals surface area contributed by atoms with Crippen molar-refractivity contribution >= 4 is 5.96 Å². The Morgan fingerprint density at radius 3 is 2.68 bits per heavy atom. The summed E-state index contributed by atoms with van der Waals surface area (Å²) in [5, 5.41) is 10.6. The molecule has 0 aliphatic heterocycles. The predicted molar refractivity (Wildman–Crippen MR) is 111 cm³/mol. The molecule has 2 rings (SSSR count). The van der Waals surface area contributed by atoms with Crippen LogP contribution in [-0.4, -0.2) is 38.4 Å². The monoisotopic (exact) mass is 388 g/mol. The van der Waals surface area contributed by atoms with Crippen molar-refractivity contribution in [2.24, 2.45) is 4.99 Å². The van der Waals surface area contributed by atoms with Crippen LogP contribution in [0.3, 0.4) is 0 Å². The smallest absolute Gasteiger partial charge is 0.191 e. The van der Waals surface area contributed by atoms with E-state index in [2.05, 4.69) is 40.7 Å². The summed E-state index contributed by atoms with van der Waals surface area (Å²) >= 11 is 0. The summed E-state index contributed by atoms with van der Waals surface area (Å²) in [6.45, 7) is 8.13. The molecule has 2 N–H and O–H groups in total. The fraction of sp³-hybridized carbons (Fsp3) is 0.524. The molecule has 0 atom stereocenters. The normalized spacial score (nSPS) is 11.6. The van der Waals surface area contributed by atoms with E-state index in [1.54, 1.807) is 14.2 Å². The van der Waals surface area contributed by atoms with Crippen molar-refractivity contribution in [3.63, 3.8) is 0 Å². The fourth-order valence-electron chi connectivity index (χ4n) is 2.72. The molecule has 7 nitrogen and oxygen atoms in total. The highest BCUT2D eigenvalue weighted by molar-refractivity contribution is 5.79. The van der Waals surface area contributed by atoms with Gasteiger partial charge in [-0.25, -0.2) is 0 Å². The van der Waals surface area contributed by atoms with E-state index in [9.17, 15) is 0 Å². The molecule has 0 amide bonds. The quantitative estimate of drug-likeness (QED) is 0.368. The molecule has 1 heterocycles. The number of aryl methyl sites for hydroxylation is 1. The molecule has 0 spiro atoms. The summed E-state index contributed by atoms with van der Waals surface area (Å²) in [5.74, 6) is 3.46. The van der Waals surface area contributed by atoms with Gasteiger partial charge in [-0.2, -0.15) is 0 Å². The Hall–Kier alpha value is -2.70. The van der Waals surface area contributed by atoms with Gasteiger partial charge >= 0.3 is 0 Å². The minimum absolute atomic E-state index is 0.358. The van der Waals surface area contributed by atoms with Crippen molar-refractivity contribution in [2.45, 2.75) is 46.1 Å². The average molecular weight is 389 g/mol. The third-order valence-corrected chi connectivity index (χ3v) is 4.28. The number of nitrogens with one attached hydrogen (secondary N) is 2. The molecule has 0 saturated carbocycles. The Bertz CT molecular complexity index is 756. The Balaban J connectivity index is 1.76.